The highest BCUT2D eigenvalue weighted by molar-refractivity contribution is 6.08. The van der Waals surface area contributed by atoms with Crippen LogP contribution in [0.2, 0.25) is 0 Å². The molecule has 2 heterocycles. The number of anilines is 1. The lowest BCUT2D eigenvalue weighted by Gasteiger charge is -2.35. The molecule has 1 aliphatic rings. The fraction of sp³-hybridized carbons (Fsp3) is 0.225. The quantitative estimate of drug-likeness (QED) is 0.133. The van der Waals surface area contributed by atoms with Crippen LogP contribution in [-0.2, 0) is 26.4 Å². The minimum atomic E-state index is -0.215. The van der Waals surface area contributed by atoms with E-state index >= 15 is 0 Å². The first-order chi connectivity index (χ1) is 23.6. The fourth-order valence-corrected chi connectivity index (χ4v) is 6.41. The van der Waals surface area contributed by atoms with Crippen LogP contribution in [0.3, 0.4) is 0 Å². The second-order valence-electron chi connectivity index (χ2n) is 12.6. The summed E-state index contributed by atoms with van der Waals surface area (Å²) in [6, 6.07) is 31.5. The minimum Gasteiger partial charge on any atom is -0.508 e. The third kappa shape index (κ3) is 6.98. The number of phenolic OH excluding ortho intramolecular Hbond substituents is 1. The van der Waals surface area contributed by atoms with E-state index < -0.39 is 0 Å². The van der Waals surface area contributed by atoms with Crippen molar-refractivity contribution in [3.05, 3.63) is 142 Å². The molecule has 9 heteroatoms. The van der Waals surface area contributed by atoms with Gasteiger partial charge in [0, 0.05) is 67.0 Å². The Morgan fingerprint density at radius 3 is 2.31 bits per heavy atom. The lowest BCUT2D eigenvalue weighted by Crippen LogP contribution is -2.42. The molecule has 0 radical (unpaired) electrons. The number of amides is 3. The molecule has 0 saturated heterocycles. The van der Waals surface area contributed by atoms with Gasteiger partial charge in [-0.3, -0.25) is 19.8 Å². The number of phenols is 1. The lowest BCUT2D eigenvalue weighted by molar-refractivity contribution is 0.0658. The Morgan fingerprint density at radius 1 is 0.878 bits per heavy atom. The molecular weight excluding hydrogens is 614 g/mol. The van der Waals surface area contributed by atoms with Crippen molar-refractivity contribution in [1.29, 1.82) is 0 Å². The van der Waals surface area contributed by atoms with Crippen LogP contribution in [0.4, 0.5) is 5.69 Å². The Hall–Kier alpha value is -5.67. The molecule has 6 rings (SSSR count). The van der Waals surface area contributed by atoms with Gasteiger partial charge in [0.25, 0.3) is 17.7 Å². The van der Waals surface area contributed by atoms with Crippen LogP contribution in [0.15, 0.2) is 103 Å². The molecule has 9 nitrogen and oxygen atoms in total. The third-order valence-electron chi connectivity index (χ3n) is 9.44. The number of carbonyl (C=O) groups is 3. The number of rotatable bonds is 9. The molecule has 0 spiro atoms. The molecular formula is C40H41N5O4. The first kappa shape index (κ1) is 33.2. The van der Waals surface area contributed by atoms with E-state index in [4.69, 9.17) is 0 Å². The molecule has 0 saturated carbocycles. The zero-order chi connectivity index (χ0) is 34.7. The Morgan fingerprint density at radius 2 is 1.57 bits per heavy atom. The molecule has 1 aliphatic heterocycles. The van der Waals surface area contributed by atoms with E-state index in [2.05, 4.69) is 29.9 Å². The normalized spacial score (nSPS) is 13.9. The van der Waals surface area contributed by atoms with Crippen LogP contribution in [0.25, 0.3) is 11.3 Å². The van der Waals surface area contributed by atoms with Crippen molar-refractivity contribution in [2.75, 3.05) is 18.5 Å². The van der Waals surface area contributed by atoms with Gasteiger partial charge in [-0.25, -0.2) is 5.43 Å². The number of hydrazine groups is 1. The molecule has 3 amide bonds. The Bertz CT molecular complexity index is 2000. The highest BCUT2D eigenvalue weighted by atomic mass is 16.3. The van der Waals surface area contributed by atoms with Gasteiger partial charge < -0.3 is 19.5 Å². The Balaban J connectivity index is 1.31. The van der Waals surface area contributed by atoms with Crippen LogP contribution >= 0.6 is 0 Å². The summed E-state index contributed by atoms with van der Waals surface area (Å²) >= 11 is 0. The van der Waals surface area contributed by atoms with Crippen molar-refractivity contribution in [2.45, 2.75) is 39.3 Å². The number of hydrogen-bond donors (Lipinski definition) is 3. The summed E-state index contributed by atoms with van der Waals surface area (Å²) in [5.41, 5.74) is 13.7. The molecule has 4 aromatic carbocycles. The maximum Gasteiger partial charge on any atom is 0.265 e. The van der Waals surface area contributed by atoms with Gasteiger partial charge in [-0.05, 0) is 98.0 Å². The lowest BCUT2D eigenvalue weighted by atomic mass is 9.92. The van der Waals surface area contributed by atoms with Crippen LogP contribution < -0.4 is 15.8 Å². The Labute approximate surface area is 286 Å². The summed E-state index contributed by atoms with van der Waals surface area (Å²) in [5.74, 6) is -0.355. The van der Waals surface area contributed by atoms with Gasteiger partial charge in [0.1, 0.15) is 5.75 Å². The molecule has 49 heavy (non-hydrogen) atoms. The van der Waals surface area contributed by atoms with E-state index in [1.807, 2.05) is 78.0 Å². The van der Waals surface area contributed by atoms with Crippen LogP contribution in [0, 0.1) is 6.92 Å². The predicted molar refractivity (Wildman–Crippen MR) is 192 cm³/mol. The van der Waals surface area contributed by atoms with E-state index in [1.165, 1.54) is 5.56 Å². The molecule has 0 unspecified atom stereocenters. The third-order valence-corrected chi connectivity index (χ3v) is 9.44. The average Bonchev–Trinajstić information content (AvgIpc) is 3.42. The number of aromatic nitrogens is 1. The van der Waals surface area contributed by atoms with E-state index in [0.717, 1.165) is 34.5 Å². The zero-order valence-electron chi connectivity index (χ0n) is 28.2. The maximum atomic E-state index is 14.4. The highest BCUT2D eigenvalue weighted by Crippen LogP contribution is 2.33. The Kier molecular flexibility index (Phi) is 9.64. The van der Waals surface area contributed by atoms with Crippen LogP contribution in [0.5, 0.6) is 5.75 Å². The van der Waals surface area contributed by atoms with Crippen LogP contribution in [0.1, 0.15) is 60.4 Å². The molecule has 5 aromatic rings. The number of aromatic hydroxyl groups is 1. The maximum absolute atomic E-state index is 14.4. The van der Waals surface area contributed by atoms with Crippen LogP contribution in [-0.4, -0.2) is 51.9 Å². The van der Waals surface area contributed by atoms with Gasteiger partial charge in [-0.15, -0.1) is 0 Å². The molecule has 1 aromatic heterocycles. The summed E-state index contributed by atoms with van der Waals surface area (Å²) in [5, 5.41) is 9.74. The number of hydrogen-bond acceptors (Lipinski definition) is 5. The number of nitrogens with one attached hydrogen (secondary N) is 2. The van der Waals surface area contributed by atoms with Crippen molar-refractivity contribution in [3.63, 3.8) is 0 Å². The first-order valence-corrected chi connectivity index (χ1v) is 16.4. The van der Waals surface area contributed by atoms with Gasteiger partial charge in [0.2, 0.25) is 0 Å². The average molecular weight is 656 g/mol. The summed E-state index contributed by atoms with van der Waals surface area (Å²) in [4.78, 5) is 44.2. The monoisotopic (exact) mass is 655 g/mol. The topological polar surface area (TPSA) is 107 Å². The summed E-state index contributed by atoms with van der Waals surface area (Å²) in [6.07, 6.45) is 1.37. The fourth-order valence-electron chi connectivity index (χ4n) is 6.41. The predicted octanol–water partition coefficient (Wildman–Crippen LogP) is 6.05. The van der Waals surface area contributed by atoms with E-state index in [9.17, 15) is 19.5 Å². The van der Waals surface area contributed by atoms with Crippen molar-refractivity contribution < 1.29 is 19.5 Å². The largest absolute Gasteiger partial charge is 0.508 e. The summed E-state index contributed by atoms with van der Waals surface area (Å²) in [6.45, 7) is 4.98. The number of carbonyl (C=O) groups excluding carboxylic acids is 3. The van der Waals surface area contributed by atoms with Crippen molar-refractivity contribution in [2.24, 2.45) is 7.05 Å². The van der Waals surface area contributed by atoms with E-state index in [-0.39, 0.29) is 29.5 Å². The minimum absolute atomic E-state index is 0.0126. The molecule has 3 N–H and O–H groups in total. The van der Waals surface area contributed by atoms with Crippen molar-refractivity contribution in [3.8, 4) is 17.0 Å². The summed E-state index contributed by atoms with van der Waals surface area (Å²) < 4.78 is 1.96. The SMILES string of the molecule is Cc1c(C(=O)N(C)c2ccc(O)cc2)cc(-c2cc(CCNNC(=O)c3ccccc3)ccc2C(=O)N2Cc3ccccc3C[C@H]2C)n1C. The first-order valence-electron chi connectivity index (χ1n) is 16.4. The second-order valence-corrected chi connectivity index (χ2v) is 12.6. The zero-order valence-corrected chi connectivity index (χ0v) is 28.2. The van der Waals surface area contributed by atoms with Gasteiger partial charge in [-0.1, -0.05) is 48.5 Å². The van der Waals surface area contributed by atoms with Gasteiger partial charge in [0.15, 0.2) is 0 Å². The van der Waals surface area contributed by atoms with E-state index in [0.29, 0.717) is 41.9 Å². The number of nitrogens with zero attached hydrogens (tertiary/aromatic N) is 3. The highest BCUT2D eigenvalue weighted by Gasteiger charge is 2.30. The van der Waals surface area contributed by atoms with Crippen molar-refractivity contribution in [1.82, 2.24) is 20.3 Å². The standard InChI is InChI=1S/C40H41N5O4/c1-26-22-30-12-8-9-13-31(30)25-45(26)40(49)34-19-14-28(20-21-41-42-38(47)29-10-6-5-7-11-29)23-36(34)37-24-35(27(2)43(37)3)39(48)44(4)32-15-17-33(46)18-16-32/h5-19,23-24,26,41,46H,20-22,25H2,1-4H3,(H,42,47)/t26-/m1/s1. The van der Waals surface area contributed by atoms with Gasteiger partial charge in [-0.2, -0.15) is 0 Å². The molecule has 0 aliphatic carbocycles. The number of benzene rings is 4. The smallest absolute Gasteiger partial charge is 0.265 e. The van der Waals surface area contributed by atoms with E-state index in [1.54, 1.807) is 48.3 Å². The van der Waals surface area contributed by atoms with Crippen molar-refractivity contribution >= 4 is 23.4 Å². The van der Waals surface area contributed by atoms with Gasteiger partial charge >= 0.3 is 0 Å². The molecule has 1 atom stereocenters. The summed E-state index contributed by atoms with van der Waals surface area (Å²) in [7, 11) is 3.61. The molecule has 0 bridgehead atoms. The number of fused-ring (bicyclic) bond motifs is 1. The molecule has 0 fully saturated rings. The second kappa shape index (κ2) is 14.2. The molecule has 250 valence electrons. The van der Waals surface area contributed by atoms with Gasteiger partial charge in [0.05, 0.1) is 5.56 Å².